The molecule has 5 rings (SSSR count). The average Bonchev–Trinajstić information content (AvgIpc) is 3.53. The van der Waals surface area contributed by atoms with E-state index in [4.69, 9.17) is 9.15 Å². The minimum Gasteiger partial charge on any atom is -0.496 e. The van der Waals surface area contributed by atoms with E-state index < -0.39 is 16.1 Å². The molecule has 0 radical (unpaired) electrons. The average molecular weight is 549 g/mol. The lowest BCUT2D eigenvalue weighted by atomic mass is 10.1. The van der Waals surface area contributed by atoms with Gasteiger partial charge in [0.25, 0.3) is 16.8 Å². The van der Waals surface area contributed by atoms with Gasteiger partial charge in [0.1, 0.15) is 23.8 Å². The van der Waals surface area contributed by atoms with Crippen molar-refractivity contribution in [3.8, 4) is 17.1 Å². The Morgan fingerprint density at radius 2 is 1.82 bits per heavy atom. The van der Waals surface area contributed by atoms with Crippen LogP contribution in [0.25, 0.3) is 17.4 Å². The normalized spacial score (nSPS) is 16.7. The number of amides is 3. The first-order valence-corrected chi connectivity index (χ1v) is 12.9. The van der Waals surface area contributed by atoms with Crippen molar-refractivity contribution in [3.63, 3.8) is 0 Å². The van der Waals surface area contributed by atoms with Gasteiger partial charge in [-0.05, 0) is 42.1 Å². The van der Waals surface area contributed by atoms with Crippen LogP contribution < -0.4 is 9.64 Å². The summed E-state index contributed by atoms with van der Waals surface area (Å²) in [6.45, 7) is 2.01. The lowest BCUT2D eigenvalue weighted by Gasteiger charge is -2.36. The molecule has 0 spiro atoms. The number of imide groups is 1. The van der Waals surface area contributed by atoms with Crippen LogP contribution in [-0.4, -0.2) is 71.6 Å². The second kappa shape index (κ2) is 11.0. The largest absolute Gasteiger partial charge is 0.496 e. The fourth-order valence-electron chi connectivity index (χ4n) is 4.43. The van der Waals surface area contributed by atoms with Crippen LogP contribution in [0.5, 0.6) is 5.75 Å². The SMILES string of the molecule is COc1cc([N+](=O)[O-])ccc1-c1ccc(/C=C2/SC(=O)N(CC(=O)N3CCN(c4ccccc4)CC3)C2=O)o1. The summed E-state index contributed by atoms with van der Waals surface area (Å²) < 4.78 is 11.1. The van der Waals surface area contributed by atoms with Crippen LogP contribution in [0.4, 0.5) is 16.2 Å². The first kappa shape index (κ1) is 26.0. The van der Waals surface area contributed by atoms with Gasteiger partial charge in [0, 0.05) is 44.0 Å². The van der Waals surface area contributed by atoms with Crippen LogP contribution in [-0.2, 0) is 9.59 Å². The molecular formula is C27H24N4O7S. The highest BCUT2D eigenvalue weighted by Crippen LogP contribution is 2.36. The monoisotopic (exact) mass is 548 g/mol. The van der Waals surface area contributed by atoms with Gasteiger partial charge in [-0.3, -0.25) is 29.4 Å². The van der Waals surface area contributed by atoms with Crippen molar-refractivity contribution in [2.75, 3.05) is 44.7 Å². The number of carbonyl (C=O) groups is 3. The molecule has 200 valence electrons. The molecule has 3 amide bonds. The van der Waals surface area contributed by atoms with Crippen LogP contribution in [0.1, 0.15) is 5.76 Å². The predicted octanol–water partition coefficient (Wildman–Crippen LogP) is 4.25. The van der Waals surface area contributed by atoms with Gasteiger partial charge in [0.2, 0.25) is 5.91 Å². The highest BCUT2D eigenvalue weighted by Gasteiger charge is 2.37. The van der Waals surface area contributed by atoms with E-state index >= 15 is 0 Å². The fraction of sp³-hybridized carbons (Fsp3) is 0.222. The molecule has 3 aromatic rings. The zero-order valence-corrected chi connectivity index (χ0v) is 21.8. The number of para-hydroxylation sites is 1. The fourth-order valence-corrected chi connectivity index (χ4v) is 5.24. The molecule has 2 aliphatic rings. The molecule has 0 atom stereocenters. The van der Waals surface area contributed by atoms with Gasteiger partial charge in [-0.25, -0.2) is 0 Å². The van der Waals surface area contributed by atoms with Gasteiger partial charge in [-0.2, -0.15) is 0 Å². The number of piperazine rings is 1. The Morgan fingerprint density at radius 3 is 2.51 bits per heavy atom. The summed E-state index contributed by atoms with van der Waals surface area (Å²) in [5.41, 5.74) is 1.46. The number of hydrogen-bond acceptors (Lipinski definition) is 9. The van der Waals surface area contributed by atoms with Crippen molar-refractivity contribution in [2.45, 2.75) is 0 Å². The molecule has 0 unspecified atom stereocenters. The maximum atomic E-state index is 13.0. The molecule has 0 aliphatic carbocycles. The molecular weight excluding hydrogens is 524 g/mol. The second-order valence-corrected chi connectivity index (χ2v) is 9.81. The number of nitro benzene ring substituents is 1. The molecule has 2 aliphatic heterocycles. The lowest BCUT2D eigenvalue weighted by molar-refractivity contribution is -0.384. The van der Waals surface area contributed by atoms with E-state index in [1.54, 1.807) is 17.0 Å². The summed E-state index contributed by atoms with van der Waals surface area (Å²) in [6, 6.07) is 17.3. The molecule has 0 N–H and O–H groups in total. The topological polar surface area (TPSA) is 126 Å². The van der Waals surface area contributed by atoms with E-state index in [1.807, 2.05) is 30.3 Å². The Balaban J connectivity index is 1.23. The molecule has 2 saturated heterocycles. The Labute approximate surface area is 227 Å². The van der Waals surface area contributed by atoms with Crippen LogP contribution >= 0.6 is 11.8 Å². The van der Waals surface area contributed by atoms with E-state index in [0.717, 1.165) is 22.3 Å². The molecule has 0 bridgehead atoms. The Morgan fingerprint density at radius 1 is 1.08 bits per heavy atom. The standard InChI is InChI=1S/C27H24N4O7S/c1-37-23-15-19(31(35)36)7-9-21(23)22-10-8-20(38-22)16-24-26(33)30(27(34)39-24)17-25(32)29-13-11-28(12-14-29)18-5-3-2-4-6-18/h2-10,15-16H,11-14,17H2,1H3/b24-16+. The van der Waals surface area contributed by atoms with E-state index in [1.165, 1.54) is 31.4 Å². The number of nitrogens with zero attached hydrogens (tertiary/aromatic N) is 4. The number of carbonyl (C=O) groups excluding carboxylic acids is 3. The summed E-state index contributed by atoms with van der Waals surface area (Å²) in [5, 5.41) is 10.5. The van der Waals surface area contributed by atoms with Crippen molar-refractivity contribution in [3.05, 3.63) is 81.4 Å². The first-order chi connectivity index (χ1) is 18.8. The lowest BCUT2D eigenvalue weighted by Crippen LogP contribution is -2.51. The minimum atomic E-state index is -0.563. The van der Waals surface area contributed by atoms with Crippen molar-refractivity contribution >= 4 is 46.3 Å². The number of benzene rings is 2. The van der Waals surface area contributed by atoms with Gasteiger partial charge in [-0.1, -0.05) is 18.2 Å². The van der Waals surface area contributed by atoms with E-state index in [-0.39, 0.29) is 28.8 Å². The number of nitro groups is 1. The number of rotatable bonds is 7. The third-order valence-corrected chi connectivity index (χ3v) is 7.39. The minimum absolute atomic E-state index is 0.122. The predicted molar refractivity (Wildman–Crippen MR) is 145 cm³/mol. The molecule has 1 aromatic heterocycles. The molecule has 12 heteroatoms. The number of anilines is 1. The van der Waals surface area contributed by atoms with Gasteiger partial charge in [-0.15, -0.1) is 0 Å². The molecule has 2 aromatic carbocycles. The van der Waals surface area contributed by atoms with Crippen molar-refractivity contribution in [1.82, 2.24) is 9.80 Å². The van der Waals surface area contributed by atoms with Crippen molar-refractivity contribution < 1.29 is 28.5 Å². The Hall–Kier alpha value is -4.58. The quantitative estimate of drug-likeness (QED) is 0.242. The van der Waals surface area contributed by atoms with Crippen LogP contribution in [0.15, 0.2) is 70.0 Å². The van der Waals surface area contributed by atoms with Crippen molar-refractivity contribution in [2.24, 2.45) is 0 Å². The maximum Gasteiger partial charge on any atom is 0.294 e. The third-order valence-electron chi connectivity index (χ3n) is 6.48. The molecule has 2 fully saturated rings. The smallest absolute Gasteiger partial charge is 0.294 e. The first-order valence-electron chi connectivity index (χ1n) is 12.1. The van der Waals surface area contributed by atoms with Crippen LogP contribution in [0.3, 0.4) is 0 Å². The summed E-state index contributed by atoms with van der Waals surface area (Å²) in [6.07, 6.45) is 1.44. The zero-order chi connectivity index (χ0) is 27.5. The van der Waals surface area contributed by atoms with Gasteiger partial charge in [0.05, 0.1) is 28.6 Å². The molecule has 39 heavy (non-hydrogen) atoms. The van der Waals surface area contributed by atoms with Crippen LogP contribution in [0, 0.1) is 10.1 Å². The number of hydrogen-bond donors (Lipinski definition) is 0. The Kier molecular flexibility index (Phi) is 7.37. The molecule has 11 nitrogen and oxygen atoms in total. The van der Waals surface area contributed by atoms with Crippen LogP contribution in [0.2, 0.25) is 0 Å². The van der Waals surface area contributed by atoms with E-state index in [2.05, 4.69) is 4.90 Å². The summed E-state index contributed by atoms with van der Waals surface area (Å²) >= 11 is 0.741. The van der Waals surface area contributed by atoms with Gasteiger partial charge in [0.15, 0.2) is 0 Å². The van der Waals surface area contributed by atoms with E-state index in [9.17, 15) is 24.5 Å². The summed E-state index contributed by atoms with van der Waals surface area (Å²) in [5.74, 6) is 0.0915. The molecule has 3 heterocycles. The second-order valence-electron chi connectivity index (χ2n) is 8.81. The number of furan rings is 1. The zero-order valence-electron chi connectivity index (χ0n) is 20.9. The van der Waals surface area contributed by atoms with Crippen molar-refractivity contribution in [1.29, 1.82) is 0 Å². The number of methoxy groups -OCH3 is 1. The number of thioether (sulfide) groups is 1. The highest BCUT2D eigenvalue weighted by atomic mass is 32.2. The summed E-state index contributed by atoms with van der Waals surface area (Å²) in [4.78, 5) is 53.9. The maximum absolute atomic E-state index is 13.0. The molecule has 0 saturated carbocycles. The summed E-state index contributed by atoms with van der Waals surface area (Å²) in [7, 11) is 1.40. The van der Waals surface area contributed by atoms with Gasteiger partial charge >= 0.3 is 0 Å². The highest BCUT2D eigenvalue weighted by molar-refractivity contribution is 8.18. The van der Waals surface area contributed by atoms with Gasteiger partial charge < -0.3 is 19.0 Å². The number of non-ortho nitro benzene ring substituents is 1. The number of ether oxygens (including phenoxy) is 1. The third kappa shape index (κ3) is 5.50. The Bertz CT molecular complexity index is 1460. The van der Waals surface area contributed by atoms with E-state index in [0.29, 0.717) is 43.3 Å².